The van der Waals surface area contributed by atoms with Gasteiger partial charge in [0.2, 0.25) is 5.91 Å². The molecule has 0 heterocycles. The average molecular weight is 283 g/mol. The van der Waals surface area contributed by atoms with Crippen LogP contribution in [-0.2, 0) is 11.3 Å². The van der Waals surface area contributed by atoms with E-state index in [1.54, 1.807) is 0 Å². The fourth-order valence-electron chi connectivity index (χ4n) is 2.01. The molecule has 2 aromatic rings. The first kappa shape index (κ1) is 15.1. The van der Waals surface area contributed by atoms with Gasteiger partial charge < -0.3 is 10.1 Å². The topological polar surface area (TPSA) is 38.3 Å². The molecule has 0 aliphatic heterocycles. The van der Waals surface area contributed by atoms with E-state index in [9.17, 15) is 4.79 Å². The third kappa shape index (κ3) is 5.69. The van der Waals surface area contributed by atoms with Crippen molar-refractivity contribution in [1.82, 2.24) is 5.32 Å². The van der Waals surface area contributed by atoms with Crippen molar-refractivity contribution >= 4 is 5.91 Å². The molecule has 0 unspecified atom stereocenters. The summed E-state index contributed by atoms with van der Waals surface area (Å²) in [6, 6.07) is 17.8. The van der Waals surface area contributed by atoms with Gasteiger partial charge in [-0.05, 0) is 36.6 Å². The lowest BCUT2D eigenvalue weighted by Crippen LogP contribution is -2.22. The molecule has 110 valence electrons. The molecule has 0 saturated heterocycles. The number of amides is 1. The Labute approximate surface area is 126 Å². The van der Waals surface area contributed by atoms with E-state index in [-0.39, 0.29) is 5.91 Å². The Balaban J connectivity index is 1.61. The molecular weight excluding hydrogens is 262 g/mol. The van der Waals surface area contributed by atoms with E-state index in [0.717, 1.165) is 11.3 Å². The Morgan fingerprint density at radius 2 is 1.90 bits per heavy atom. The van der Waals surface area contributed by atoms with Crippen molar-refractivity contribution in [1.29, 1.82) is 0 Å². The fraction of sp³-hybridized carbons (Fsp3) is 0.278. The van der Waals surface area contributed by atoms with Crippen LogP contribution in [0.5, 0.6) is 5.75 Å². The Morgan fingerprint density at radius 1 is 1.10 bits per heavy atom. The molecule has 0 aromatic heterocycles. The maximum atomic E-state index is 11.7. The molecule has 0 fully saturated rings. The van der Waals surface area contributed by atoms with Gasteiger partial charge in [0.05, 0.1) is 6.61 Å². The van der Waals surface area contributed by atoms with Crippen LogP contribution in [-0.4, -0.2) is 12.5 Å². The number of rotatable bonds is 7. The number of ether oxygens (including phenoxy) is 1. The number of nitrogens with one attached hydrogen (secondary N) is 1. The second-order valence-electron chi connectivity index (χ2n) is 5.03. The minimum atomic E-state index is 0.0618. The Hall–Kier alpha value is -2.29. The molecule has 21 heavy (non-hydrogen) atoms. The molecule has 0 atom stereocenters. The normalized spacial score (nSPS) is 10.1. The van der Waals surface area contributed by atoms with Crippen molar-refractivity contribution in [3.63, 3.8) is 0 Å². The zero-order chi connectivity index (χ0) is 14.9. The van der Waals surface area contributed by atoms with Crippen LogP contribution >= 0.6 is 0 Å². The predicted octanol–water partition coefficient (Wildman–Crippen LogP) is 3.47. The van der Waals surface area contributed by atoms with E-state index in [2.05, 4.69) is 5.32 Å². The van der Waals surface area contributed by atoms with E-state index in [1.807, 2.05) is 61.5 Å². The fourth-order valence-corrected chi connectivity index (χ4v) is 2.01. The second-order valence-corrected chi connectivity index (χ2v) is 5.03. The van der Waals surface area contributed by atoms with E-state index >= 15 is 0 Å². The third-order valence-corrected chi connectivity index (χ3v) is 3.14. The standard InChI is InChI=1S/C18H21NO2/c1-15-7-5-10-17(13-15)21-12-6-11-18(20)19-14-16-8-3-2-4-9-16/h2-5,7-10,13H,6,11-12,14H2,1H3,(H,19,20). The highest BCUT2D eigenvalue weighted by Crippen LogP contribution is 2.12. The SMILES string of the molecule is Cc1cccc(OCCCC(=O)NCc2ccccc2)c1. The summed E-state index contributed by atoms with van der Waals surface area (Å²) in [5.74, 6) is 0.923. The number of hydrogen-bond acceptors (Lipinski definition) is 2. The Bertz CT molecular complexity index is 566. The van der Waals surface area contributed by atoms with Crippen molar-refractivity contribution in [2.75, 3.05) is 6.61 Å². The molecule has 2 aromatic carbocycles. The second kappa shape index (κ2) is 8.10. The first-order valence-electron chi connectivity index (χ1n) is 7.24. The third-order valence-electron chi connectivity index (χ3n) is 3.14. The summed E-state index contributed by atoms with van der Waals surface area (Å²) in [7, 11) is 0. The summed E-state index contributed by atoms with van der Waals surface area (Å²) in [4.78, 5) is 11.7. The molecule has 0 aliphatic rings. The van der Waals surface area contributed by atoms with Gasteiger partial charge in [0, 0.05) is 13.0 Å². The maximum absolute atomic E-state index is 11.7. The van der Waals surface area contributed by atoms with Crippen LogP contribution in [0.15, 0.2) is 54.6 Å². The zero-order valence-corrected chi connectivity index (χ0v) is 12.3. The predicted molar refractivity (Wildman–Crippen MR) is 84.2 cm³/mol. The van der Waals surface area contributed by atoms with Crippen molar-refractivity contribution < 1.29 is 9.53 Å². The van der Waals surface area contributed by atoms with Crippen LogP contribution in [0.25, 0.3) is 0 Å². The van der Waals surface area contributed by atoms with Crippen LogP contribution < -0.4 is 10.1 Å². The number of carbonyl (C=O) groups is 1. The van der Waals surface area contributed by atoms with Gasteiger partial charge in [0.25, 0.3) is 0 Å². The number of benzene rings is 2. The van der Waals surface area contributed by atoms with E-state index in [1.165, 1.54) is 5.56 Å². The van der Waals surface area contributed by atoms with Gasteiger partial charge in [-0.2, -0.15) is 0 Å². The van der Waals surface area contributed by atoms with Gasteiger partial charge in [-0.1, -0.05) is 42.5 Å². The molecule has 0 aliphatic carbocycles. The van der Waals surface area contributed by atoms with Gasteiger partial charge in [-0.3, -0.25) is 4.79 Å². The molecule has 0 bridgehead atoms. The summed E-state index contributed by atoms with van der Waals surface area (Å²) in [6.07, 6.45) is 1.20. The quantitative estimate of drug-likeness (QED) is 0.790. The summed E-state index contributed by atoms with van der Waals surface area (Å²) in [6.45, 7) is 3.17. The van der Waals surface area contributed by atoms with Crippen molar-refractivity contribution in [3.8, 4) is 5.75 Å². The average Bonchev–Trinajstić information content (AvgIpc) is 2.51. The first-order valence-corrected chi connectivity index (χ1v) is 7.24. The van der Waals surface area contributed by atoms with Gasteiger partial charge in [0.15, 0.2) is 0 Å². The van der Waals surface area contributed by atoms with E-state index in [4.69, 9.17) is 4.74 Å². The lowest BCUT2D eigenvalue weighted by molar-refractivity contribution is -0.121. The van der Waals surface area contributed by atoms with Crippen molar-refractivity contribution in [2.24, 2.45) is 0 Å². The van der Waals surface area contributed by atoms with Gasteiger partial charge in [0.1, 0.15) is 5.75 Å². The molecule has 3 heteroatoms. The molecule has 0 saturated carbocycles. The number of hydrogen-bond donors (Lipinski definition) is 1. The lowest BCUT2D eigenvalue weighted by Gasteiger charge is -2.07. The first-order chi connectivity index (χ1) is 10.2. The molecule has 1 N–H and O–H groups in total. The van der Waals surface area contributed by atoms with Crippen LogP contribution in [0.1, 0.15) is 24.0 Å². The van der Waals surface area contributed by atoms with Gasteiger partial charge in [-0.15, -0.1) is 0 Å². The maximum Gasteiger partial charge on any atom is 0.220 e. The van der Waals surface area contributed by atoms with Crippen molar-refractivity contribution in [2.45, 2.75) is 26.3 Å². The monoisotopic (exact) mass is 283 g/mol. The van der Waals surface area contributed by atoms with Crippen LogP contribution in [0.3, 0.4) is 0 Å². The molecule has 3 nitrogen and oxygen atoms in total. The van der Waals surface area contributed by atoms with Crippen LogP contribution in [0.4, 0.5) is 0 Å². The summed E-state index contributed by atoms with van der Waals surface area (Å²) < 4.78 is 5.62. The smallest absolute Gasteiger partial charge is 0.220 e. The Morgan fingerprint density at radius 3 is 2.67 bits per heavy atom. The van der Waals surface area contributed by atoms with Crippen LogP contribution in [0, 0.1) is 6.92 Å². The lowest BCUT2D eigenvalue weighted by atomic mass is 10.2. The van der Waals surface area contributed by atoms with Crippen LogP contribution in [0.2, 0.25) is 0 Å². The number of aryl methyl sites for hydroxylation is 1. The van der Waals surface area contributed by atoms with E-state index < -0.39 is 0 Å². The van der Waals surface area contributed by atoms with Gasteiger partial charge >= 0.3 is 0 Å². The summed E-state index contributed by atoms with van der Waals surface area (Å²) >= 11 is 0. The molecular formula is C18H21NO2. The highest BCUT2D eigenvalue weighted by Gasteiger charge is 2.01. The summed E-state index contributed by atoms with van der Waals surface area (Å²) in [5.41, 5.74) is 2.29. The highest BCUT2D eigenvalue weighted by molar-refractivity contribution is 5.75. The zero-order valence-electron chi connectivity index (χ0n) is 12.3. The largest absolute Gasteiger partial charge is 0.494 e. The molecule has 0 spiro atoms. The summed E-state index contributed by atoms with van der Waals surface area (Å²) in [5, 5.41) is 2.91. The minimum Gasteiger partial charge on any atom is -0.494 e. The minimum absolute atomic E-state index is 0.0618. The highest BCUT2D eigenvalue weighted by atomic mass is 16.5. The Kier molecular flexibility index (Phi) is 5.83. The number of carbonyl (C=O) groups excluding carboxylic acids is 1. The van der Waals surface area contributed by atoms with Crippen molar-refractivity contribution in [3.05, 3.63) is 65.7 Å². The molecule has 2 rings (SSSR count). The molecule has 1 amide bonds. The van der Waals surface area contributed by atoms with Gasteiger partial charge in [-0.25, -0.2) is 0 Å². The molecule has 0 radical (unpaired) electrons. The van der Waals surface area contributed by atoms with E-state index in [0.29, 0.717) is 26.0 Å².